The van der Waals surface area contributed by atoms with Gasteiger partial charge in [-0.2, -0.15) is 0 Å². The van der Waals surface area contributed by atoms with Crippen molar-refractivity contribution in [2.75, 3.05) is 5.09 Å². The first-order chi connectivity index (χ1) is 8.06. The van der Waals surface area contributed by atoms with Crippen LogP contribution in [0, 0.1) is 0 Å². The van der Waals surface area contributed by atoms with E-state index in [-0.39, 0.29) is 0 Å². The fraction of sp³-hybridized carbons (Fsp3) is 0. The molecule has 0 atom stereocenters. The summed E-state index contributed by atoms with van der Waals surface area (Å²) in [5.74, 6) is 0. The average molecular weight is 249 g/mol. The number of para-hydroxylation sites is 1. The molecule has 0 fully saturated rings. The lowest BCUT2D eigenvalue weighted by Crippen LogP contribution is -1.96. The van der Waals surface area contributed by atoms with E-state index in [1.807, 2.05) is 42.5 Å². The monoisotopic (exact) mass is 249 g/mol. The molecule has 2 rings (SSSR count). The third-order valence-electron chi connectivity index (χ3n) is 2.28. The number of anilines is 1. The molecule has 0 saturated carbocycles. The van der Waals surface area contributed by atoms with Gasteiger partial charge in [0.25, 0.3) is 0 Å². The molecule has 0 amide bonds. The molecular weight excluding hydrogens is 237 g/mol. The number of nitrogens with one attached hydrogen (secondary N) is 1. The fourth-order valence-electron chi connectivity index (χ4n) is 1.61. The van der Waals surface area contributed by atoms with E-state index in [1.165, 1.54) is 0 Å². The Morgan fingerprint density at radius 3 is 2.12 bits per heavy atom. The highest BCUT2D eigenvalue weighted by atomic mass is 31.2. The minimum absolute atomic E-state index is 0.423. The molecule has 0 heterocycles. The normalized spacial score (nSPS) is 11.2. The van der Waals surface area contributed by atoms with E-state index in [2.05, 4.69) is 5.09 Å². The topological polar surface area (TPSA) is 69.6 Å². The van der Waals surface area contributed by atoms with Crippen LogP contribution in [0.2, 0.25) is 0 Å². The van der Waals surface area contributed by atoms with E-state index in [0.29, 0.717) is 5.69 Å². The summed E-state index contributed by atoms with van der Waals surface area (Å²) in [5, 5.41) is 2.21. The Morgan fingerprint density at radius 1 is 0.882 bits per heavy atom. The van der Waals surface area contributed by atoms with Gasteiger partial charge in [0, 0.05) is 5.56 Å². The van der Waals surface area contributed by atoms with Crippen molar-refractivity contribution in [3.8, 4) is 11.1 Å². The van der Waals surface area contributed by atoms with E-state index < -0.39 is 7.75 Å². The summed E-state index contributed by atoms with van der Waals surface area (Å²) in [6, 6.07) is 16.4. The van der Waals surface area contributed by atoms with Crippen molar-refractivity contribution in [3.05, 3.63) is 54.6 Å². The molecule has 0 aliphatic carbocycles. The van der Waals surface area contributed by atoms with Crippen LogP contribution in [0.25, 0.3) is 11.1 Å². The molecule has 0 aromatic heterocycles. The van der Waals surface area contributed by atoms with Gasteiger partial charge in [0.05, 0.1) is 5.69 Å². The Balaban J connectivity index is 2.45. The van der Waals surface area contributed by atoms with Crippen LogP contribution in [0.3, 0.4) is 0 Å². The molecule has 4 nitrogen and oxygen atoms in total. The molecule has 2 aromatic carbocycles. The highest BCUT2D eigenvalue weighted by Crippen LogP contribution is 2.39. The largest absolute Gasteiger partial charge is 0.427 e. The van der Waals surface area contributed by atoms with Crippen LogP contribution in [-0.4, -0.2) is 9.79 Å². The second-order valence-electron chi connectivity index (χ2n) is 3.57. The van der Waals surface area contributed by atoms with Crippen LogP contribution in [-0.2, 0) is 4.57 Å². The van der Waals surface area contributed by atoms with Gasteiger partial charge in [0.2, 0.25) is 0 Å². The van der Waals surface area contributed by atoms with E-state index in [4.69, 9.17) is 9.79 Å². The molecule has 0 bridgehead atoms. The zero-order chi connectivity index (χ0) is 12.3. The summed E-state index contributed by atoms with van der Waals surface area (Å²) in [5.41, 5.74) is 2.09. The van der Waals surface area contributed by atoms with Crippen LogP contribution in [0.4, 0.5) is 5.69 Å². The second kappa shape index (κ2) is 4.72. The second-order valence-corrected chi connectivity index (χ2v) is 4.88. The molecule has 0 aliphatic rings. The van der Waals surface area contributed by atoms with Crippen molar-refractivity contribution >= 4 is 13.4 Å². The Bertz CT molecular complexity index is 551. The molecule has 2 aromatic rings. The standard InChI is InChI=1S/C12H12NO3P/c14-17(15,16)13-12-9-5-4-8-11(12)10-6-2-1-3-7-10/h1-9H,(H3,13,14,15,16). The molecule has 17 heavy (non-hydrogen) atoms. The lowest BCUT2D eigenvalue weighted by Gasteiger charge is -2.12. The molecular formula is C12H12NO3P. The lowest BCUT2D eigenvalue weighted by molar-refractivity contribution is 0.380. The first-order valence-corrected chi connectivity index (χ1v) is 6.66. The summed E-state index contributed by atoms with van der Waals surface area (Å²) < 4.78 is 11.0. The van der Waals surface area contributed by atoms with Gasteiger partial charge in [0.15, 0.2) is 0 Å². The summed E-state index contributed by atoms with van der Waals surface area (Å²) >= 11 is 0. The predicted octanol–water partition coefficient (Wildman–Crippen LogP) is 2.86. The van der Waals surface area contributed by atoms with Crippen molar-refractivity contribution in [1.82, 2.24) is 0 Å². The van der Waals surface area contributed by atoms with Gasteiger partial charge in [-0.3, -0.25) is 5.09 Å². The van der Waals surface area contributed by atoms with Crippen LogP contribution >= 0.6 is 7.75 Å². The Morgan fingerprint density at radius 2 is 1.47 bits per heavy atom. The molecule has 3 N–H and O–H groups in total. The molecule has 88 valence electrons. The Labute approximate surface area is 99.1 Å². The van der Waals surface area contributed by atoms with Crippen LogP contribution in [0.15, 0.2) is 54.6 Å². The molecule has 5 heteroatoms. The van der Waals surface area contributed by atoms with E-state index >= 15 is 0 Å². The third kappa shape index (κ3) is 3.17. The van der Waals surface area contributed by atoms with Crippen molar-refractivity contribution in [2.45, 2.75) is 0 Å². The molecule has 0 spiro atoms. The van der Waals surface area contributed by atoms with Crippen molar-refractivity contribution < 1.29 is 14.4 Å². The highest BCUT2D eigenvalue weighted by molar-refractivity contribution is 7.53. The Hall–Kier alpha value is -1.61. The van der Waals surface area contributed by atoms with Crippen LogP contribution in [0.1, 0.15) is 0 Å². The highest BCUT2D eigenvalue weighted by Gasteiger charge is 2.14. The molecule has 0 radical (unpaired) electrons. The maximum atomic E-state index is 11.0. The predicted molar refractivity (Wildman–Crippen MR) is 67.5 cm³/mol. The average Bonchev–Trinajstić information content (AvgIpc) is 2.29. The first kappa shape index (κ1) is 11.9. The maximum Gasteiger partial charge on any atom is 0.427 e. The minimum Gasteiger partial charge on any atom is -0.308 e. The van der Waals surface area contributed by atoms with Crippen molar-refractivity contribution in [1.29, 1.82) is 0 Å². The third-order valence-corrected chi connectivity index (χ3v) is 2.81. The minimum atomic E-state index is -4.28. The van der Waals surface area contributed by atoms with Gasteiger partial charge in [-0.15, -0.1) is 0 Å². The van der Waals surface area contributed by atoms with Crippen LogP contribution in [0.5, 0.6) is 0 Å². The SMILES string of the molecule is O=P(O)(O)Nc1ccccc1-c1ccccc1. The zero-order valence-electron chi connectivity index (χ0n) is 8.95. The van der Waals surface area contributed by atoms with Gasteiger partial charge in [-0.05, 0) is 11.6 Å². The number of hydrogen-bond acceptors (Lipinski definition) is 1. The van der Waals surface area contributed by atoms with Gasteiger partial charge in [-0.1, -0.05) is 48.5 Å². The van der Waals surface area contributed by atoms with Crippen LogP contribution < -0.4 is 5.09 Å². The smallest absolute Gasteiger partial charge is 0.308 e. The number of rotatable bonds is 3. The number of hydrogen-bond donors (Lipinski definition) is 3. The number of benzene rings is 2. The van der Waals surface area contributed by atoms with E-state index in [1.54, 1.807) is 12.1 Å². The maximum absolute atomic E-state index is 11.0. The van der Waals surface area contributed by atoms with Gasteiger partial charge < -0.3 is 9.79 Å². The fourth-order valence-corrected chi connectivity index (χ4v) is 2.12. The summed E-state index contributed by atoms with van der Waals surface area (Å²) in [7, 11) is -4.28. The van der Waals surface area contributed by atoms with E-state index in [9.17, 15) is 4.57 Å². The zero-order valence-corrected chi connectivity index (χ0v) is 9.84. The first-order valence-electron chi connectivity index (χ1n) is 5.04. The quantitative estimate of drug-likeness (QED) is 0.731. The summed E-state index contributed by atoms with van der Waals surface area (Å²) in [6.07, 6.45) is 0. The van der Waals surface area contributed by atoms with E-state index in [0.717, 1.165) is 11.1 Å². The molecule has 0 aliphatic heterocycles. The Kier molecular flexibility index (Phi) is 3.29. The van der Waals surface area contributed by atoms with Gasteiger partial charge >= 0.3 is 7.75 Å². The van der Waals surface area contributed by atoms with Gasteiger partial charge in [-0.25, -0.2) is 4.57 Å². The lowest BCUT2D eigenvalue weighted by atomic mass is 10.0. The summed E-state index contributed by atoms with van der Waals surface area (Å²) in [4.78, 5) is 17.9. The summed E-state index contributed by atoms with van der Waals surface area (Å²) in [6.45, 7) is 0. The van der Waals surface area contributed by atoms with Crippen molar-refractivity contribution in [2.24, 2.45) is 0 Å². The van der Waals surface area contributed by atoms with Crippen molar-refractivity contribution in [3.63, 3.8) is 0 Å². The molecule has 0 saturated heterocycles. The van der Waals surface area contributed by atoms with Gasteiger partial charge in [0.1, 0.15) is 0 Å². The molecule has 0 unspecified atom stereocenters.